The fourth-order valence-corrected chi connectivity index (χ4v) is 0.912. The molecule has 0 amide bonds. The van der Waals surface area contributed by atoms with E-state index in [4.69, 9.17) is 0 Å². The highest BCUT2D eigenvalue weighted by atomic mass is 19.2. The zero-order chi connectivity index (χ0) is 7.84. The minimum atomic E-state index is -0.872. The first-order valence-corrected chi connectivity index (χ1v) is 3.05. The first-order valence-electron chi connectivity index (χ1n) is 3.05. The highest BCUT2D eigenvalue weighted by Gasteiger charge is 2.02. The Labute approximate surface area is 61.1 Å². The average Bonchev–Trinajstić information content (AvgIpc) is 2.36. The second-order valence-electron chi connectivity index (χ2n) is 2.16. The molecule has 0 bridgehead atoms. The van der Waals surface area contributed by atoms with E-state index < -0.39 is 11.6 Å². The predicted molar refractivity (Wildman–Crippen MR) is 35.1 cm³/mol. The number of pyridine rings is 1. The molecule has 0 saturated heterocycles. The Kier molecular flexibility index (Phi) is 1.15. The summed E-state index contributed by atoms with van der Waals surface area (Å²) in [5.41, 5.74) is 0.406. The smallest absolute Gasteiger partial charge is 0.175 e. The number of imidazole rings is 1. The number of nitrogens with zero attached hydrogens (tertiary/aromatic N) is 2. The molecule has 0 saturated carbocycles. The van der Waals surface area contributed by atoms with E-state index in [9.17, 15) is 8.78 Å². The maximum Gasteiger partial charge on any atom is 0.175 e. The monoisotopic (exact) mass is 154 g/mol. The maximum atomic E-state index is 12.5. The van der Waals surface area contributed by atoms with Crippen molar-refractivity contribution < 1.29 is 8.78 Å². The number of fused-ring (bicyclic) bond motifs is 1. The van der Waals surface area contributed by atoms with Gasteiger partial charge in [-0.25, -0.2) is 13.8 Å². The first-order chi connectivity index (χ1) is 5.27. The number of halogens is 2. The van der Waals surface area contributed by atoms with Crippen molar-refractivity contribution >= 4 is 5.65 Å². The molecule has 0 N–H and O–H groups in total. The Morgan fingerprint density at radius 2 is 2.09 bits per heavy atom. The zero-order valence-corrected chi connectivity index (χ0v) is 5.46. The molecule has 2 aromatic heterocycles. The molecule has 56 valence electrons. The predicted octanol–water partition coefficient (Wildman–Crippen LogP) is 1.61. The van der Waals surface area contributed by atoms with Crippen LogP contribution in [0.25, 0.3) is 5.65 Å². The lowest BCUT2D eigenvalue weighted by atomic mass is 10.4. The van der Waals surface area contributed by atoms with Gasteiger partial charge in [-0.2, -0.15) is 0 Å². The highest BCUT2D eigenvalue weighted by Crippen LogP contribution is 2.07. The molecule has 0 aliphatic heterocycles. The summed E-state index contributed by atoms with van der Waals surface area (Å²) in [5.74, 6) is -1.74. The third-order valence-corrected chi connectivity index (χ3v) is 1.44. The number of aromatic nitrogens is 2. The van der Waals surface area contributed by atoms with Crippen molar-refractivity contribution in [2.75, 3.05) is 0 Å². The number of hydrogen-bond acceptors (Lipinski definition) is 1. The van der Waals surface area contributed by atoms with Gasteiger partial charge in [0.15, 0.2) is 11.6 Å². The summed E-state index contributed by atoms with van der Waals surface area (Å²) < 4.78 is 26.4. The molecule has 2 rings (SSSR count). The van der Waals surface area contributed by atoms with E-state index in [-0.39, 0.29) is 0 Å². The first kappa shape index (κ1) is 6.27. The third-order valence-electron chi connectivity index (χ3n) is 1.44. The SMILES string of the molecule is Fc1cc2nccn2cc1F. The second-order valence-corrected chi connectivity index (χ2v) is 2.16. The quantitative estimate of drug-likeness (QED) is 0.563. The molecule has 0 atom stereocenters. The van der Waals surface area contributed by atoms with Gasteiger partial charge < -0.3 is 4.40 Å². The normalized spacial score (nSPS) is 10.7. The highest BCUT2D eigenvalue weighted by molar-refractivity contribution is 5.38. The van der Waals surface area contributed by atoms with Gasteiger partial charge in [-0.1, -0.05) is 0 Å². The fourth-order valence-electron chi connectivity index (χ4n) is 0.912. The van der Waals surface area contributed by atoms with Gasteiger partial charge in [0.1, 0.15) is 5.65 Å². The number of hydrogen-bond donors (Lipinski definition) is 0. The Morgan fingerprint density at radius 1 is 1.27 bits per heavy atom. The van der Waals surface area contributed by atoms with E-state index in [0.29, 0.717) is 5.65 Å². The average molecular weight is 154 g/mol. The molecular weight excluding hydrogens is 150 g/mol. The van der Waals surface area contributed by atoms with Crippen molar-refractivity contribution in [2.24, 2.45) is 0 Å². The van der Waals surface area contributed by atoms with Crippen LogP contribution in [0.2, 0.25) is 0 Å². The summed E-state index contributed by atoms with van der Waals surface area (Å²) in [6.07, 6.45) is 4.09. The van der Waals surface area contributed by atoms with Crippen molar-refractivity contribution in [1.29, 1.82) is 0 Å². The molecule has 0 radical (unpaired) electrons. The molecule has 0 fully saturated rings. The largest absolute Gasteiger partial charge is 0.304 e. The summed E-state index contributed by atoms with van der Waals surface area (Å²) in [4.78, 5) is 3.78. The lowest BCUT2D eigenvalue weighted by Gasteiger charge is -1.93. The lowest BCUT2D eigenvalue weighted by molar-refractivity contribution is 0.503. The molecule has 2 aromatic rings. The van der Waals surface area contributed by atoms with Crippen LogP contribution < -0.4 is 0 Å². The van der Waals surface area contributed by atoms with Crippen LogP contribution in [0.3, 0.4) is 0 Å². The van der Waals surface area contributed by atoms with Gasteiger partial charge in [-0.3, -0.25) is 0 Å². The standard InChI is InChI=1S/C7H4F2N2/c8-5-3-7-10-1-2-11(7)4-6(5)9/h1-4H. The minimum absolute atomic E-state index is 0.406. The summed E-state index contributed by atoms with van der Waals surface area (Å²) in [6.45, 7) is 0. The van der Waals surface area contributed by atoms with Crippen LogP contribution in [0.1, 0.15) is 0 Å². The van der Waals surface area contributed by atoms with E-state index >= 15 is 0 Å². The van der Waals surface area contributed by atoms with Gasteiger partial charge in [0.2, 0.25) is 0 Å². The summed E-state index contributed by atoms with van der Waals surface area (Å²) in [6, 6.07) is 1.05. The van der Waals surface area contributed by atoms with Crippen LogP contribution in [0.5, 0.6) is 0 Å². The van der Waals surface area contributed by atoms with Gasteiger partial charge in [0.25, 0.3) is 0 Å². The minimum Gasteiger partial charge on any atom is -0.304 e. The van der Waals surface area contributed by atoms with Crippen LogP contribution >= 0.6 is 0 Å². The molecule has 2 heterocycles. The topological polar surface area (TPSA) is 17.3 Å². The maximum absolute atomic E-state index is 12.5. The van der Waals surface area contributed by atoms with Crippen LogP contribution in [-0.2, 0) is 0 Å². The van der Waals surface area contributed by atoms with Crippen molar-refractivity contribution in [1.82, 2.24) is 9.38 Å². The molecular formula is C7H4F2N2. The van der Waals surface area contributed by atoms with Gasteiger partial charge >= 0.3 is 0 Å². The van der Waals surface area contributed by atoms with Gasteiger partial charge in [0.05, 0.1) is 0 Å². The van der Waals surface area contributed by atoms with E-state index in [0.717, 1.165) is 12.3 Å². The molecule has 2 nitrogen and oxygen atoms in total. The van der Waals surface area contributed by atoms with E-state index in [1.165, 1.54) is 10.6 Å². The van der Waals surface area contributed by atoms with E-state index in [1.54, 1.807) is 6.20 Å². The van der Waals surface area contributed by atoms with Crippen molar-refractivity contribution in [2.45, 2.75) is 0 Å². The van der Waals surface area contributed by atoms with Crippen molar-refractivity contribution in [3.05, 3.63) is 36.3 Å². The molecule has 0 aliphatic rings. The van der Waals surface area contributed by atoms with Crippen molar-refractivity contribution in [3.8, 4) is 0 Å². The third kappa shape index (κ3) is 0.869. The lowest BCUT2D eigenvalue weighted by Crippen LogP contribution is -1.89. The van der Waals surface area contributed by atoms with Gasteiger partial charge in [0, 0.05) is 24.7 Å². The summed E-state index contributed by atoms with van der Waals surface area (Å²) >= 11 is 0. The Hall–Kier alpha value is -1.45. The second kappa shape index (κ2) is 2.02. The van der Waals surface area contributed by atoms with Crippen LogP contribution in [0, 0.1) is 11.6 Å². The van der Waals surface area contributed by atoms with Crippen molar-refractivity contribution in [3.63, 3.8) is 0 Å². The zero-order valence-electron chi connectivity index (χ0n) is 5.46. The molecule has 11 heavy (non-hydrogen) atoms. The molecule has 0 aromatic carbocycles. The fraction of sp³-hybridized carbons (Fsp3) is 0. The van der Waals surface area contributed by atoms with Crippen LogP contribution in [-0.4, -0.2) is 9.38 Å². The van der Waals surface area contributed by atoms with Gasteiger partial charge in [-0.05, 0) is 0 Å². The molecule has 0 aliphatic carbocycles. The van der Waals surface area contributed by atoms with E-state index in [1.807, 2.05) is 0 Å². The summed E-state index contributed by atoms with van der Waals surface area (Å²) in [5, 5.41) is 0. The Balaban J connectivity index is 2.86. The summed E-state index contributed by atoms with van der Waals surface area (Å²) in [7, 11) is 0. The van der Waals surface area contributed by atoms with E-state index in [2.05, 4.69) is 4.98 Å². The molecule has 0 unspecified atom stereocenters. The number of rotatable bonds is 0. The van der Waals surface area contributed by atoms with Crippen LogP contribution in [0.15, 0.2) is 24.7 Å². The molecule has 0 spiro atoms. The Bertz CT molecular complexity index is 358. The van der Waals surface area contributed by atoms with Crippen LogP contribution in [0.4, 0.5) is 8.78 Å². The Morgan fingerprint density at radius 3 is 2.91 bits per heavy atom. The van der Waals surface area contributed by atoms with Gasteiger partial charge in [-0.15, -0.1) is 0 Å². The molecule has 4 heteroatoms.